The lowest BCUT2D eigenvalue weighted by Crippen LogP contribution is -2.27. The number of carbonyl (C=O) groups excluding carboxylic acids is 1. The van der Waals surface area contributed by atoms with E-state index in [0.29, 0.717) is 17.2 Å². The summed E-state index contributed by atoms with van der Waals surface area (Å²) >= 11 is 0. The lowest BCUT2D eigenvalue weighted by Gasteiger charge is -2.21. The molecular formula is C15H24N2O5. The molecule has 1 unspecified atom stereocenters. The molecule has 0 spiro atoms. The largest absolute Gasteiger partial charge is 0.493 e. The third kappa shape index (κ3) is 4.78. The van der Waals surface area contributed by atoms with Crippen molar-refractivity contribution >= 4 is 11.8 Å². The highest BCUT2D eigenvalue weighted by atomic mass is 16.6. The number of anilines is 1. The molecule has 1 aromatic rings. The Morgan fingerprint density at radius 3 is 2.32 bits per heavy atom. The molecule has 0 aliphatic heterocycles. The highest BCUT2D eigenvalue weighted by Crippen LogP contribution is 2.38. The second kappa shape index (κ2) is 7.33. The van der Waals surface area contributed by atoms with Crippen molar-refractivity contribution in [3.63, 3.8) is 0 Å². The Labute approximate surface area is 130 Å². The molecule has 7 nitrogen and oxygen atoms in total. The van der Waals surface area contributed by atoms with E-state index in [4.69, 9.17) is 24.9 Å². The molecule has 7 heteroatoms. The van der Waals surface area contributed by atoms with Crippen LogP contribution in [0.15, 0.2) is 12.1 Å². The van der Waals surface area contributed by atoms with Gasteiger partial charge >= 0.3 is 6.09 Å². The quantitative estimate of drug-likeness (QED) is 0.812. The third-order valence-electron chi connectivity index (χ3n) is 2.81. The second-order valence-electron chi connectivity index (χ2n) is 5.71. The summed E-state index contributed by atoms with van der Waals surface area (Å²) < 4.78 is 15.8. The smallest absolute Gasteiger partial charge is 0.412 e. The number of hydrogen-bond acceptors (Lipinski definition) is 6. The van der Waals surface area contributed by atoms with Gasteiger partial charge in [-0.2, -0.15) is 0 Å². The van der Waals surface area contributed by atoms with Gasteiger partial charge in [0.25, 0.3) is 0 Å². The summed E-state index contributed by atoms with van der Waals surface area (Å²) in [6.07, 6.45) is -0.967. The van der Waals surface area contributed by atoms with Crippen LogP contribution in [0.25, 0.3) is 0 Å². The van der Waals surface area contributed by atoms with Crippen LogP contribution in [0.2, 0.25) is 0 Å². The number of benzene rings is 1. The van der Waals surface area contributed by atoms with E-state index in [9.17, 15) is 4.79 Å². The number of amides is 1. The Bertz CT molecular complexity index is 525. The zero-order valence-corrected chi connectivity index (χ0v) is 13.9. The van der Waals surface area contributed by atoms with Crippen molar-refractivity contribution in [1.29, 1.82) is 0 Å². The number of carbonyl (C=O) groups is 1. The lowest BCUT2D eigenvalue weighted by atomic mass is 10.1. The first-order valence-corrected chi connectivity index (χ1v) is 6.83. The van der Waals surface area contributed by atoms with Crippen LogP contribution in [-0.2, 0) is 9.57 Å². The summed E-state index contributed by atoms with van der Waals surface area (Å²) in [5, 5.41) is 2.65. The van der Waals surface area contributed by atoms with Gasteiger partial charge in [0.15, 0.2) is 11.5 Å². The van der Waals surface area contributed by atoms with E-state index in [1.165, 1.54) is 14.2 Å². The van der Waals surface area contributed by atoms with Crippen molar-refractivity contribution in [2.24, 2.45) is 5.90 Å². The van der Waals surface area contributed by atoms with Gasteiger partial charge in [0.1, 0.15) is 11.7 Å². The minimum Gasteiger partial charge on any atom is -0.493 e. The molecular weight excluding hydrogens is 288 g/mol. The fourth-order valence-electron chi connectivity index (χ4n) is 1.81. The zero-order valence-electron chi connectivity index (χ0n) is 13.9. The second-order valence-corrected chi connectivity index (χ2v) is 5.71. The monoisotopic (exact) mass is 312 g/mol. The molecule has 0 saturated carbocycles. The van der Waals surface area contributed by atoms with E-state index in [0.717, 1.165) is 5.56 Å². The van der Waals surface area contributed by atoms with Gasteiger partial charge in [0, 0.05) is 0 Å². The van der Waals surface area contributed by atoms with Crippen molar-refractivity contribution in [3.05, 3.63) is 17.7 Å². The Kier molecular flexibility index (Phi) is 6.01. The first-order chi connectivity index (χ1) is 10.2. The van der Waals surface area contributed by atoms with Crippen molar-refractivity contribution < 1.29 is 23.8 Å². The van der Waals surface area contributed by atoms with Crippen LogP contribution in [0, 0.1) is 0 Å². The summed E-state index contributed by atoms with van der Waals surface area (Å²) in [6.45, 7) is 7.12. The zero-order chi connectivity index (χ0) is 16.9. The number of rotatable bonds is 5. The molecule has 22 heavy (non-hydrogen) atoms. The average molecular weight is 312 g/mol. The van der Waals surface area contributed by atoms with E-state index < -0.39 is 11.7 Å². The van der Waals surface area contributed by atoms with Crippen molar-refractivity contribution in [3.8, 4) is 11.5 Å². The van der Waals surface area contributed by atoms with Crippen LogP contribution in [0.3, 0.4) is 0 Å². The van der Waals surface area contributed by atoms with Crippen LogP contribution >= 0.6 is 0 Å². The minimum absolute atomic E-state index is 0.376. The van der Waals surface area contributed by atoms with Gasteiger partial charge < -0.3 is 14.2 Å². The predicted molar refractivity (Wildman–Crippen MR) is 83.1 cm³/mol. The number of ether oxygens (including phenoxy) is 3. The predicted octanol–water partition coefficient (Wildman–Crippen LogP) is 3.00. The minimum atomic E-state index is -0.604. The summed E-state index contributed by atoms with van der Waals surface area (Å²) in [5.74, 6) is 6.06. The van der Waals surface area contributed by atoms with Gasteiger partial charge in [-0.05, 0) is 45.4 Å². The maximum Gasteiger partial charge on any atom is 0.412 e. The van der Waals surface area contributed by atoms with Crippen molar-refractivity contribution in [2.75, 3.05) is 19.5 Å². The van der Waals surface area contributed by atoms with Gasteiger partial charge in [0.05, 0.1) is 19.9 Å². The summed E-state index contributed by atoms with van der Waals surface area (Å²) in [7, 11) is 2.99. The van der Waals surface area contributed by atoms with E-state index >= 15 is 0 Å². The molecule has 0 aromatic heterocycles. The summed E-state index contributed by atoms with van der Waals surface area (Å²) in [6, 6.07) is 3.43. The van der Waals surface area contributed by atoms with Gasteiger partial charge in [-0.3, -0.25) is 10.2 Å². The molecule has 124 valence electrons. The van der Waals surface area contributed by atoms with E-state index in [-0.39, 0.29) is 6.10 Å². The fraction of sp³-hybridized carbons (Fsp3) is 0.533. The number of nitrogens with two attached hydrogens (primary N) is 1. The van der Waals surface area contributed by atoms with E-state index in [1.807, 2.05) is 0 Å². The third-order valence-corrected chi connectivity index (χ3v) is 2.81. The highest BCUT2D eigenvalue weighted by molar-refractivity contribution is 5.88. The van der Waals surface area contributed by atoms with Gasteiger partial charge in [0.2, 0.25) is 0 Å². The molecule has 0 bridgehead atoms. The lowest BCUT2D eigenvalue weighted by molar-refractivity contribution is 0.0632. The Morgan fingerprint density at radius 1 is 1.23 bits per heavy atom. The molecule has 0 saturated heterocycles. The van der Waals surface area contributed by atoms with E-state index in [1.54, 1.807) is 39.8 Å². The molecule has 0 radical (unpaired) electrons. The van der Waals surface area contributed by atoms with Crippen LogP contribution in [0.4, 0.5) is 10.5 Å². The molecule has 1 atom stereocenters. The average Bonchev–Trinajstić information content (AvgIpc) is 2.43. The van der Waals surface area contributed by atoms with Crippen molar-refractivity contribution in [2.45, 2.75) is 39.4 Å². The topological polar surface area (TPSA) is 92.0 Å². The number of methoxy groups -OCH3 is 2. The molecule has 3 N–H and O–H groups in total. The standard InChI is InChI=1S/C15H24N2O5/c1-9(22-16)10-7-11(13(20-6)12(8-10)19-5)17-14(18)21-15(2,3)4/h7-9H,16H2,1-6H3,(H,17,18). The molecule has 0 heterocycles. The molecule has 1 rings (SSSR count). The van der Waals surface area contributed by atoms with Crippen LogP contribution < -0.4 is 20.7 Å². The summed E-state index contributed by atoms with van der Waals surface area (Å²) in [5.41, 5.74) is 0.536. The van der Waals surface area contributed by atoms with Crippen LogP contribution in [-0.4, -0.2) is 25.9 Å². The molecule has 0 aliphatic carbocycles. The summed E-state index contributed by atoms with van der Waals surface area (Å²) in [4.78, 5) is 16.8. The fourth-order valence-corrected chi connectivity index (χ4v) is 1.81. The number of nitrogens with one attached hydrogen (secondary N) is 1. The first kappa shape index (κ1) is 18.1. The molecule has 0 aliphatic rings. The Hall–Kier alpha value is -1.99. The number of hydrogen-bond donors (Lipinski definition) is 2. The van der Waals surface area contributed by atoms with E-state index in [2.05, 4.69) is 5.32 Å². The first-order valence-electron chi connectivity index (χ1n) is 6.83. The molecule has 1 amide bonds. The SMILES string of the molecule is COc1cc(C(C)ON)cc(NC(=O)OC(C)(C)C)c1OC. The Morgan fingerprint density at radius 2 is 1.86 bits per heavy atom. The molecule has 1 aromatic carbocycles. The van der Waals surface area contributed by atoms with Crippen LogP contribution in [0.5, 0.6) is 11.5 Å². The van der Waals surface area contributed by atoms with Gasteiger partial charge in [-0.1, -0.05) is 0 Å². The maximum atomic E-state index is 12.0. The van der Waals surface area contributed by atoms with Gasteiger partial charge in [-0.15, -0.1) is 0 Å². The highest BCUT2D eigenvalue weighted by Gasteiger charge is 2.21. The normalized spacial score (nSPS) is 12.5. The van der Waals surface area contributed by atoms with Crippen LogP contribution in [0.1, 0.15) is 39.4 Å². The van der Waals surface area contributed by atoms with Crippen molar-refractivity contribution in [1.82, 2.24) is 0 Å². The van der Waals surface area contributed by atoms with Gasteiger partial charge in [-0.25, -0.2) is 10.7 Å². The maximum absolute atomic E-state index is 12.0. The Balaban J connectivity index is 3.17. The molecule has 0 fully saturated rings.